The molecule has 0 spiro atoms. The van der Waals surface area contributed by atoms with Gasteiger partial charge in [0, 0.05) is 55.0 Å². The van der Waals surface area contributed by atoms with Crippen LogP contribution in [0.25, 0.3) is 44.5 Å². The summed E-state index contributed by atoms with van der Waals surface area (Å²) in [5.74, 6) is 2.14. The van der Waals surface area contributed by atoms with E-state index in [1.54, 1.807) is 0 Å². The van der Waals surface area contributed by atoms with Crippen molar-refractivity contribution in [1.82, 2.24) is 0 Å². The van der Waals surface area contributed by atoms with Gasteiger partial charge in [-0.1, -0.05) is 197 Å². The molecule has 0 aromatic heterocycles. The van der Waals surface area contributed by atoms with Gasteiger partial charge in [0.15, 0.2) is 5.75 Å². The predicted molar refractivity (Wildman–Crippen MR) is 357 cm³/mol. The van der Waals surface area contributed by atoms with Crippen LogP contribution in [-0.4, -0.2) is 29.8 Å². The third kappa shape index (κ3) is 5.91. The lowest BCUT2D eigenvalue weighted by Crippen LogP contribution is -2.68. The average Bonchev–Trinajstić information content (AvgIpc) is 0.770. The monoisotopic (exact) mass is 1110 g/mol. The summed E-state index contributed by atoms with van der Waals surface area (Å²) in [5.41, 5.74) is 29.5. The van der Waals surface area contributed by atoms with E-state index < -0.39 is 16.1 Å². The van der Waals surface area contributed by atoms with E-state index >= 15 is 0 Å². The second kappa shape index (κ2) is 16.1. The summed E-state index contributed by atoms with van der Waals surface area (Å²) in [7, 11) is -4.20. The van der Waals surface area contributed by atoms with Crippen molar-refractivity contribution in [3.63, 3.8) is 0 Å². The van der Waals surface area contributed by atoms with Crippen LogP contribution in [0.15, 0.2) is 222 Å². The zero-order valence-corrected chi connectivity index (χ0v) is 49.9. The number of rotatable bonds is 3. The van der Waals surface area contributed by atoms with Gasteiger partial charge in [-0.2, -0.15) is 0 Å². The quantitative estimate of drug-likeness (QED) is 0.163. The van der Waals surface area contributed by atoms with Crippen LogP contribution in [0.2, 0.25) is 26.2 Å². The highest BCUT2D eigenvalue weighted by Gasteiger charge is 2.54. The van der Waals surface area contributed by atoms with E-state index in [0.717, 1.165) is 28.4 Å². The predicted octanol–water partition coefficient (Wildman–Crippen LogP) is 14.4. The number of anilines is 10. The molecule has 392 valence electrons. The van der Waals surface area contributed by atoms with Gasteiger partial charge in [-0.05, 0) is 154 Å². The van der Waals surface area contributed by atoms with Gasteiger partial charge in [0.05, 0.1) is 22.7 Å². The van der Waals surface area contributed by atoms with Crippen LogP contribution < -0.4 is 66.8 Å². The highest BCUT2D eigenvalue weighted by Crippen LogP contribution is 2.58. The van der Waals surface area contributed by atoms with Gasteiger partial charge in [0.25, 0.3) is 0 Å². The minimum atomic E-state index is -2.11. The molecule has 10 heteroatoms. The molecule has 8 aliphatic heterocycles. The Balaban J connectivity index is 0.779. The van der Waals surface area contributed by atoms with E-state index in [1.165, 1.54) is 142 Å². The molecule has 8 aliphatic rings. The van der Waals surface area contributed by atoms with Crippen molar-refractivity contribution < 1.29 is 4.74 Å². The smallest absolute Gasteiger partial charge is 0.333 e. The first-order valence-electron chi connectivity index (χ1n) is 29.5. The van der Waals surface area contributed by atoms with Gasteiger partial charge >= 0.3 is 13.7 Å². The Bertz CT molecular complexity index is 4810. The van der Waals surface area contributed by atoms with Crippen LogP contribution in [0.5, 0.6) is 11.5 Å². The van der Waals surface area contributed by atoms with Crippen LogP contribution in [-0.2, 0) is 0 Å². The van der Waals surface area contributed by atoms with Crippen molar-refractivity contribution in [3.8, 4) is 56.0 Å². The highest BCUT2D eigenvalue weighted by molar-refractivity contribution is 7.99. The van der Waals surface area contributed by atoms with Crippen molar-refractivity contribution >= 4 is 141 Å². The lowest BCUT2D eigenvalue weighted by Gasteiger charge is -2.51. The van der Waals surface area contributed by atoms with Gasteiger partial charge < -0.3 is 24.2 Å². The third-order valence-corrected chi connectivity index (χ3v) is 28.3. The summed E-state index contributed by atoms with van der Waals surface area (Å²) in [6.07, 6.45) is 0. The Morgan fingerprint density at radius 1 is 0.373 bits per heavy atom. The summed E-state index contributed by atoms with van der Waals surface area (Å²) in [6, 6.07) is 81.9. The standard InChI is InChI=1S/C73H54B2N4OSSi2/c1-42(2)46-37-50-48-17-13-24-61-70(48)79(75-53-20-16-30-67-73(53)77(58(40-46)68(50)75)55-22-8-11-27-64(55)82(67,3)4)57-39-45(35-36-60(57)80-61)43-31-33-44(34-32-43)47-38-51-49-18-14-29-66-71(49)78(56-23-9-12-28-65(56)83(66,5)6)74-52-19-15-26-63-72(52)76(59(41-47)69(51)74)54-21-7-10-25-62(54)81-63/h7-42H,1-6H3. The van der Waals surface area contributed by atoms with Gasteiger partial charge in [-0.15, -0.1) is 0 Å². The van der Waals surface area contributed by atoms with Crippen LogP contribution in [0.1, 0.15) is 25.3 Å². The van der Waals surface area contributed by atoms with E-state index in [1.807, 2.05) is 11.8 Å². The zero-order valence-electron chi connectivity index (χ0n) is 47.0. The van der Waals surface area contributed by atoms with E-state index in [9.17, 15) is 0 Å². The number of fused-ring (bicyclic) bond motifs is 16. The lowest BCUT2D eigenvalue weighted by molar-refractivity contribution is 0.478. The molecule has 0 saturated heterocycles. The van der Waals surface area contributed by atoms with E-state index in [2.05, 4.69) is 272 Å². The number of hydrogen-bond donors (Lipinski definition) is 0. The van der Waals surface area contributed by atoms with Crippen LogP contribution >= 0.6 is 11.8 Å². The Labute approximate surface area is 491 Å². The fraction of sp³-hybridized carbons (Fsp3) is 0.0959. The fourth-order valence-electron chi connectivity index (χ4n) is 16.3. The molecular formula is C73H54B2N4OSSi2. The maximum atomic E-state index is 7.05. The Morgan fingerprint density at radius 2 is 0.904 bits per heavy atom. The normalized spacial score (nSPS) is 16.0. The lowest BCUT2D eigenvalue weighted by atomic mass is 9.43. The van der Waals surface area contributed by atoms with E-state index in [4.69, 9.17) is 4.74 Å². The summed E-state index contributed by atoms with van der Waals surface area (Å²) in [5, 5.41) is 6.01. The summed E-state index contributed by atoms with van der Waals surface area (Å²) in [4.78, 5) is 13.2. The first-order valence-corrected chi connectivity index (χ1v) is 36.3. The second-order valence-electron chi connectivity index (χ2n) is 25.3. The van der Waals surface area contributed by atoms with Gasteiger partial charge in [0.2, 0.25) is 0 Å². The fourth-order valence-corrected chi connectivity index (χ4v) is 23.4. The summed E-state index contributed by atoms with van der Waals surface area (Å²) < 4.78 is 7.05. The van der Waals surface area contributed by atoms with Gasteiger partial charge in [0.1, 0.15) is 21.9 Å². The third-order valence-electron chi connectivity index (χ3n) is 20.1. The van der Waals surface area contributed by atoms with E-state index in [0.29, 0.717) is 5.92 Å². The average molecular weight is 1110 g/mol. The van der Waals surface area contributed by atoms with Crippen molar-refractivity contribution in [2.45, 2.75) is 55.7 Å². The number of para-hydroxylation sites is 7. The van der Waals surface area contributed by atoms with Crippen LogP contribution in [0, 0.1) is 0 Å². The maximum Gasteiger partial charge on any atom is 0.333 e. The van der Waals surface area contributed by atoms with Crippen molar-refractivity contribution in [2.24, 2.45) is 0 Å². The SMILES string of the molecule is CC(C)c1cc2c3c(c1)N1c4ccccc4[Si](C)(C)c4cccc(c41)B3N1c3cc(-c4ccc(-c5cc6c7c(c5)N5c8ccccc8Sc8cccc(c85)B7N5c7ccccc7[Si](C)(C)c7cccc-6c75)cc4)ccc3Oc3cccc-2c31. The molecule has 0 radical (unpaired) electrons. The van der Waals surface area contributed by atoms with Crippen molar-refractivity contribution in [3.05, 3.63) is 218 Å². The Morgan fingerprint density at radius 3 is 1.66 bits per heavy atom. The minimum Gasteiger partial charge on any atom is -0.453 e. The molecule has 0 bridgehead atoms. The second-order valence-corrected chi connectivity index (χ2v) is 35.1. The summed E-state index contributed by atoms with van der Waals surface area (Å²) in [6.45, 7) is 14.8. The number of ether oxygens (including phenoxy) is 1. The summed E-state index contributed by atoms with van der Waals surface area (Å²) >= 11 is 1.90. The molecule has 0 amide bonds. The molecule has 0 unspecified atom stereocenters. The molecule has 5 nitrogen and oxygen atoms in total. The van der Waals surface area contributed by atoms with Gasteiger partial charge in [-0.3, -0.25) is 0 Å². The zero-order chi connectivity index (χ0) is 55.1. The van der Waals surface area contributed by atoms with E-state index in [-0.39, 0.29) is 13.7 Å². The van der Waals surface area contributed by atoms with Crippen molar-refractivity contribution in [2.75, 3.05) is 19.4 Å². The largest absolute Gasteiger partial charge is 0.453 e. The minimum absolute atomic E-state index is 0.00664. The van der Waals surface area contributed by atoms with Gasteiger partial charge in [-0.25, -0.2) is 0 Å². The first-order chi connectivity index (χ1) is 40.5. The molecule has 0 atom stereocenters. The molecule has 11 aromatic rings. The molecule has 19 rings (SSSR count). The Kier molecular flexibility index (Phi) is 9.10. The molecule has 83 heavy (non-hydrogen) atoms. The maximum absolute atomic E-state index is 7.05. The first kappa shape index (κ1) is 46.9. The molecular weight excluding hydrogens is 1060 g/mol. The van der Waals surface area contributed by atoms with Crippen molar-refractivity contribution in [1.29, 1.82) is 0 Å². The molecule has 8 heterocycles. The molecule has 0 N–H and O–H groups in total. The Hall–Kier alpha value is -8.67. The highest BCUT2D eigenvalue weighted by atomic mass is 32.2. The molecule has 11 aromatic carbocycles. The molecule has 0 fully saturated rings. The molecule has 0 aliphatic carbocycles. The molecule has 0 saturated carbocycles. The van der Waals surface area contributed by atoms with Crippen LogP contribution in [0.4, 0.5) is 56.9 Å². The number of nitrogens with zero attached hydrogens (tertiary/aromatic N) is 4. The topological polar surface area (TPSA) is 22.2 Å². The number of benzene rings is 11. The van der Waals surface area contributed by atoms with Crippen LogP contribution in [0.3, 0.4) is 0 Å². The number of hydrogen-bond acceptors (Lipinski definition) is 6.